The number of aromatic nitrogens is 1. The van der Waals surface area contributed by atoms with Gasteiger partial charge in [-0.3, -0.25) is 9.88 Å². The third-order valence-corrected chi connectivity index (χ3v) is 3.33. The van der Waals surface area contributed by atoms with Gasteiger partial charge in [0.15, 0.2) is 0 Å². The molecule has 0 unspecified atom stereocenters. The molecule has 16 heavy (non-hydrogen) atoms. The van der Waals surface area contributed by atoms with Crippen LogP contribution < -0.4 is 0 Å². The molecule has 4 heteroatoms. The second kappa shape index (κ2) is 4.89. The fourth-order valence-electron chi connectivity index (χ4n) is 2.28. The molecule has 0 spiro atoms. The number of hydrogen-bond donors (Lipinski definition) is 1. The lowest BCUT2D eigenvalue weighted by atomic mass is 10.00. The molecule has 2 atom stereocenters. The second-order valence-corrected chi connectivity index (χ2v) is 4.58. The molecule has 1 fully saturated rings. The van der Waals surface area contributed by atoms with Crippen LogP contribution in [0, 0.1) is 17.7 Å². The van der Waals surface area contributed by atoms with E-state index in [0.29, 0.717) is 23.9 Å². The highest BCUT2D eigenvalue weighted by molar-refractivity contribution is 5.12. The first-order valence-corrected chi connectivity index (χ1v) is 5.62. The molecule has 2 rings (SSSR count). The maximum Gasteiger partial charge on any atom is 0.145 e. The number of aliphatic hydroxyl groups excluding tert-OH is 1. The summed E-state index contributed by atoms with van der Waals surface area (Å²) in [5, 5.41) is 9.16. The van der Waals surface area contributed by atoms with E-state index in [-0.39, 0.29) is 12.4 Å². The van der Waals surface area contributed by atoms with Crippen LogP contribution in [0.5, 0.6) is 0 Å². The highest BCUT2D eigenvalue weighted by Crippen LogP contribution is 2.24. The number of aliphatic hydroxyl groups is 1. The third kappa shape index (κ3) is 2.39. The molecule has 0 aromatic carbocycles. The molecular weight excluding hydrogens is 207 g/mol. The van der Waals surface area contributed by atoms with Crippen LogP contribution in [0.4, 0.5) is 4.39 Å². The zero-order valence-corrected chi connectivity index (χ0v) is 9.43. The predicted octanol–water partition coefficient (Wildman–Crippen LogP) is 1.28. The van der Waals surface area contributed by atoms with Gasteiger partial charge in [0, 0.05) is 38.0 Å². The SMILES string of the molecule is C[C@@H]1CN(Cc2ccncc2F)C[C@H]1CO. The van der Waals surface area contributed by atoms with E-state index in [1.807, 2.05) is 0 Å². The van der Waals surface area contributed by atoms with Crippen LogP contribution in [0.25, 0.3) is 0 Å². The number of nitrogens with zero attached hydrogens (tertiary/aromatic N) is 2. The topological polar surface area (TPSA) is 36.4 Å². The summed E-state index contributed by atoms with van der Waals surface area (Å²) in [6.45, 7) is 4.72. The molecule has 0 amide bonds. The normalized spacial score (nSPS) is 26.2. The van der Waals surface area contributed by atoms with Gasteiger partial charge in [-0.05, 0) is 17.9 Å². The Balaban J connectivity index is 1.99. The summed E-state index contributed by atoms with van der Waals surface area (Å²) in [5.74, 6) is 0.558. The summed E-state index contributed by atoms with van der Waals surface area (Å²) in [6.07, 6.45) is 2.86. The molecule has 1 N–H and O–H groups in total. The Morgan fingerprint density at radius 1 is 1.56 bits per heavy atom. The maximum atomic E-state index is 13.4. The van der Waals surface area contributed by atoms with Crippen LogP contribution in [-0.2, 0) is 6.54 Å². The van der Waals surface area contributed by atoms with Crippen molar-refractivity contribution in [3.63, 3.8) is 0 Å². The van der Waals surface area contributed by atoms with Crippen molar-refractivity contribution in [3.05, 3.63) is 29.8 Å². The van der Waals surface area contributed by atoms with Gasteiger partial charge in [-0.25, -0.2) is 4.39 Å². The zero-order chi connectivity index (χ0) is 11.5. The van der Waals surface area contributed by atoms with Crippen molar-refractivity contribution >= 4 is 0 Å². The van der Waals surface area contributed by atoms with Crippen LogP contribution in [-0.4, -0.2) is 34.7 Å². The smallest absolute Gasteiger partial charge is 0.145 e. The number of hydrogen-bond acceptors (Lipinski definition) is 3. The van der Waals surface area contributed by atoms with Gasteiger partial charge in [-0.15, -0.1) is 0 Å². The average molecular weight is 224 g/mol. The highest BCUT2D eigenvalue weighted by Gasteiger charge is 2.29. The van der Waals surface area contributed by atoms with Crippen LogP contribution in [0.1, 0.15) is 12.5 Å². The summed E-state index contributed by atoms with van der Waals surface area (Å²) in [5.41, 5.74) is 0.681. The van der Waals surface area contributed by atoms with Gasteiger partial charge < -0.3 is 5.11 Å². The molecule has 3 nitrogen and oxygen atoms in total. The molecular formula is C12H17FN2O. The van der Waals surface area contributed by atoms with Gasteiger partial charge in [0.05, 0.1) is 6.20 Å². The van der Waals surface area contributed by atoms with Gasteiger partial charge in [-0.2, -0.15) is 0 Å². The van der Waals surface area contributed by atoms with Gasteiger partial charge in [0.1, 0.15) is 5.82 Å². The molecule has 1 aromatic rings. The van der Waals surface area contributed by atoms with Crippen molar-refractivity contribution in [3.8, 4) is 0 Å². The molecule has 0 radical (unpaired) electrons. The zero-order valence-electron chi connectivity index (χ0n) is 9.43. The van der Waals surface area contributed by atoms with Gasteiger partial charge in [0.25, 0.3) is 0 Å². The van der Waals surface area contributed by atoms with E-state index in [2.05, 4.69) is 16.8 Å². The van der Waals surface area contributed by atoms with E-state index < -0.39 is 0 Å². The van der Waals surface area contributed by atoms with E-state index in [4.69, 9.17) is 5.11 Å². The summed E-state index contributed by atoms with van der Waals surface area (Å²) in [7, 11) is 0. The van der Waals surface area contributed by atoms with Gasteiger partial charge in [0.2, 0.25) is 0 Å². The maximum absolute atomic E-state index is 13.4. The van der Waals surface area contributed by atoms with E-state index in [9.17, 15) is 4.39 Å². The number of pyridine rings is 1. The number of rotatable bonds is 3. The minimum atomic E-state index is -0.248. The van der Waals surface area contributed by atoms with Crippen molar-refractivity contribution in [1.82, 2.24) is 9.88 Å². The Bertz CT molecular complexity index is 359. The lowest BCUT2D eigenvalue weighted by Crippen LogP contribution is -2.21. The van der Waals surface area contributed by atoms with Crippen molar-refractivity contribution in [2.75, 3.05) is 19.7 Å². The van der Waals surface area contributed by atoms with Crippen LogP contribution in [0.3, 0.4) is 0 Å². The van der Waals surface area contributed by atoms with E-state index in [1.54, 1.807) is 12.3 Å². The molecule has 1 saturated heterocycles. The molecule has 1 aliphatic heterocycles. The summed E-state index contributed by atoms with van der Waals surface area (Å²) >= 11 is 0. The Morgan fingerprint density at radius 2 is 2.38 bits per heavy atom. The fourth-order valence-corrected chi connectivity index (χ4v) is 2.28. The van der Waals surface area contributed by atoms with E-state index >= 15 is 0 Å². The average Bonchev–Trinajstić information content (AvgIpc) is 2.62. The lowest BCUT2D eigenvalue weighted by Gasteiger charge is -2.15. The van der Waals surface area contributed by atoms with Crippen molar-refractivity contribution in [1.29, 1.82) is 0 Å². The molecule has 1 aromatic heterocycles. The highest BCUT2D eigenvalue weighted by atomic mass is 19.1. The minimum Gasteiger partial charge on any atom is -0.396 e. The van der Waals surface area contributed by atoms with Crippen molar-refractivity contribution in [2.45, 2.75) is 13.5 Å². The number of likely N-dealkylation sites (tertiary alicyclic amines) is 1. The van der Waals surface area contributed by atoms with Crippen LogP contribution in [0.2, 0.25) is 0 Å². The van der Waals surface area contributed by atoms with E-state index in [0.717, 1.165) is 13.1 Å². The second-order valence-electron chi connectivity index (χ2n) is 4.58. The predicted molar refractivity (Wildman–Crippen MR) is 59.2 cm³/mol. The molecule has 0 bridgehead atoms. The Morgan fingerprint density at radius 3 is 3.00 bits per heavy atom. The molecule has 1 aliphatic rings. The fraction of sp³-hybridized carbons (Fsp3) is 0.583. The summed E-state index contributed by atoms with van der Waals surface area (Å²) in [4.78, 5) is 5.92. The summed E-state index contributed by atoms with van der Waals surface area (Å²) < 4.78 is 13.4. The minimum absolute atomic E-state index is 0.219. The largest absolute Gasteiger partial charge is 0.396 e. The molecule has 88 valence electrons. The van der Waals surface area contributed by atoms with Crippen molar-refractivity contribution < 1.29 is 9.50 Å². The molecule has 0 aliphatic carbocycles. The molecule has 2 heterocycles. The first-order chi connectivity index (χ1) is 7.70. The van der Waals surface area contributed by atoms with Crippen molar-refractivity contribution in [2.24, 2.45) is 11.8 Å². The lowest BCUT2D eigenvalue weighted by molar-refractivity contribution is 0.204. The Labute approximate surface area is 94.9 Å². The monoisotopic (exact) mass is 224 g/mol. The quantitative estimate of drug-likeness (QED) is 0.840. The first-order valence-electron chi connectivity index (χ1n) is 5.62. The molecule has 0 saturated carbocycles. The van der Waals surface area contributed by atoms with Gasteiger partial charge >= 0.3 is 0 Å². The van der Waals surface area contributed by atoms with E-state index in [1.165, 1.54) is 6.20 Å². The number of halogens is 1. The third-order valence-electron chi connectivity index (χ3n) is 3.33. The Hall–Kier alpha value is -1.00. The first kappa shape index (κ1) is 11.5. The van der Waals surface area contributed by atoms with Crippen LogP contribution >= 0.6 is 0 Å². The standard InChI is InChI=1S/C12H17FN2O/c1-9-5-15(7-11(9)8-16)6-10-2-3-14-4-12(10)13/h2-4,9,11,16H,5-8H2,1H3/t9-,11+/m1/s1. The van der Waals surface area contributed by atoms with Crippen LogP contribution in [0.15, 0.2) is 18.5 Å². The Kier molecular flexibility index (Phi) is 3.51. The summed E-state index contributed by atoms with van der Waals surface area (Å²) in [6, 6.07) is 1.71. The van der Waals surface area contributed by atoms with Gasteiger partial charge in [-0.1, -0.05) is 6.92 Å².